The normalized spacial score (nSPS) is 18.0. The van der Waals surface area contributed by atoms with Crippen LogP contribution in [0, 0.1) is 11.8 Å². The summed E-state index contributed by atoms with van der Waals surface area (Å²) >= 11 is 0. The molecule has 3 aromatic heterocycles. The highest BCUT2D eigenvalue weighted by Crippen LogP contribution is 2.35. The Morgan fingerprint density at radius 3 is 1.61 bits per heavy atom. The van der Waals surface area contributed by atoms with Crippen molar-refractivity contribution < 1.29 is 28.7 Å². The number of fused-ring (bicyclic) bond motifs is 2. The number of rotatable bonds is 10. The van der Waals surface area contributed by atoms with Gasteiger partial charge in [-0.15, -0.1) is 0 Å². The van der Waals surface area contributed by atoms with Crippen molar-refractivity contribution in [1.82, 2.24) is 45.4 Å². The molecule has 0 unspecified atom stereocenters. The van der Waals surface area contributed by atoms with Crippen LogP contribution in [0.2, 0.25) is 0 Å². The number of alkyl carbamates (subject to hydrolysis) is 2. The van der Waals surface area contributed by atoms with Gasteiger partial charge in [0.15, 0.2) is 0 Å². The first-order chi connectivity index (χ1) is 27.4. The predicted octanol–water partition coefficient (Wildman–Crippen LogP) is 5.55. The van der Waals surface area contributed by atoms with Crippen molar-refractivity contribution in [3.63, 3.8) is 0 Å². The van der Waals surface area contributed by atoms with Crippen molar-refractivity contribution in [3.8, 4) is 22.4 Å². The van der Waals surface area contributed by atoms with E-state index in [1.54, 1.807) is 15.9 Å². The van der Waals surface area contributed by atoms with E-state index in [1.165, 1.54) is 14.2 Å². The number of aromatic amines is 3. The Bertz CT molecular complexity index is 2380. The van der Waals surface area contributed by atoms with E-state index in [4.69, 9.17) is 19.4 Å². The number of imidazole rings is 2. The lowest BCUT2D eigenvalue weighted by atomic mass is 10.0. The molecule has 4 amide bonds. The Kier molecular flexibility index (Phi) is 11.0. The Balaban J connectivity index is 1.09. The number of methoxy groups -OCH3 is 2. The van der Waals surface area contributed by atoms with E-state index in [-0.39, 0.29) is 41.3 Å². The maximum atomic E-state index is 13.6. The van der Waals surface area contributed by atoms with Crippen molar-refractivity contribution in [2.45, 2.75) is 77.5 Å². The van der Waals surface area contributed by atoms with E-state index in [2.05, 4.69) is 25.6 Å². The van der Waals surface area contributed by atoms with E-state index in [0.29, 0.717) is 47.1 Å². The molecule has 0 bridgehead atoms. The molecule has 0 spiro atoms. The van der Waals surface area contributed by atoms with Gasteiger partial charge in [-0.3, -0.25) is 14.4 Å². The second-order valence-electron chi connectivity index (χ2n) is 15.4. The number of H-pyrrole nitrogens is 3. The third-order valence-electron chi connectivity index (χ3n) is 11.0. The molecular formula is C41H49N9O7. The van der Waals surface area contributed by atoms with Crippen molar-refractivity contribution in [1.29, 1.82) is 0 Å². The number of carbonyl (C=O) groups is 4. The lowest BCUT2D eigenvalue weighted by Gasteiger charge is -2.29. The first-order valence-corrected chi connectivity index (χ1v) is 19.4. The van der Waals surface area contributed by atoms with Gasteiger partial charge < -0.3 is 44.9 Å². The van der Waals surface area contributed by atoms with E-state index in [9.17, 15) is 24.0 Å². The molecule has 5 N–H and O–H groups in total. The van der Waals surface area contributed by atoms with Gasteiger partial charge in [-0.05, 0) is 79.5 Å². The van der Waals surface area contributed by atoms with Crippen LogP contribution in [0.25, 0.3) is 44.5 Å². The standard InChI is InChI=1S/C41H49N9O7/c1-21(2)33(47-40(54)56-5)38(52)49-17-7-9-31(49)35-42-27-14-11-23(19-29(27)44-35)25-13-16-26(46-37(25)51)24-12-15-28-30(20-24)45-36(43-28)32-10-8-18-50(32)39(53)34(22(3)4)48-41(55)57-6/h11-16,19-22,31-34H,7-10,17-18H2,1-6H3,(H,42,44)(H,43,45)(H,46,51)(H,47,54)(H,48,55)/t31-,32-,33-,34-/m0/s1. The molecule has 2 aromatic carbocycles. The summed E-state index contributed by atoms with van der Waals surface area (Å²) in [5.74, 6) is 0.672. The summed E-state index contributed by atoms with van der Waals surface area (Å²) in [5.41, 5.74) is 5.29. The molecule has 4 atom stereocenters. The number of benzene rings is 2. The first-order valence-electron chi connectivity index (χ1n) is 19.4. The van der Waals surface area contributed by atoms with E-state index in [0.717, 1.165) is 47.8 Å². The van der Waals surface area contributed by atoms with Gasteiger partial charge in [0.25, 0.3) is 5.56 Å². The van der Waals surface area contributed by atoms with Crippen molar-refractivity contribution >= 4 is 46.1 Å². The number of nitrogens with one attached hydrogen (secondary N) is 5. The molecule has 0 saturated carbocycles. The van der Waals surface area contributed by atoms with Crippen LogP contribution in [-0.2, 0) is 19.1 Å². The van der Waals surface area contributed by atoms with Crippen LogP contribution in [0.5, 0.6) is 0 Å². The number of ether oxygens (including phenoxy) is 2. The van der Waals surface area contributed by atoms with Gasteiger partial charge in [0.2, 0.25) is 11.8 Å². The molecule has 5 aromatic rings. The lowest BCUT2D eigenvalue weighted by molar-refractivity contribution is -0.136. The van der Waals surface area contributed by atoms with Crippen LogP contribution in [0.1, 0.15) is 77.1 Å². The Labute approximate surface area is 329 Å². The first kappa shape index (κ1) is 39.1. The summed E-state index contributed by atoms with van der Waals surface area (Å²) in [4.78, 5) is 87.8. The average Bonchev–Trinajstić information content (AvgIpc) is 4.03. The van der Waals surface area contributed by atoms with Crippen LogP contribution in [0.15, 0.2) is 53.3 Å². The molecule has 300 valence electrons. The molecule has 0 radical (unpaired) electrons. The summed E-state index contributed by atoms with van der Waals surface area (Å²) < 4.78 is 9.51. The summed E-state index contributed by atoms with van der Waals surface area (Å²) in [7, 11) is 2.54. The van der Waals surface area contributed by atoms with Gasteiger partial charge in [0.05, 0.1) is 48.4 Å². The Morgan fingerprint density at radius 1 is 0.684 bits per heavy atom. The summed E-state index contributed by atoms with van der Waals surface area (Å²) in [6, 6.07) is 13.0. The van der Waals surface area contributed by atoms with Gasteiger partial charge in [-0.1, -0.05) is 39.8 Å². The quantitative estimate of drug-likeness (QED) is 0.120. The molecule has 5 heterocycles. The maximum absolute atomic E-state index is 13.6. The third kappa shape index (κ3) is 7.80. The van der Waals surface area contributed by atoms with Crippen LogP contribution in [-0.4, -0.2) is 98.1 Å². The zero-order valence-electron chi connectivity index (χ0n) is 33.0. The van der Waals surface area contributed by atoms with Crippen molar-refractivity contribution in [2.24, 2.45) is 11.8 Å². The number of nitrogens with zero attached hydrogens (tertiary/aromatic N) is 4. The van der Waals surface area contributed by atoms with Crippen LogP contribution >= 0.6 is 0 Å². The Hall–Kier alpha value is -6.19. The molecule has 2 saturated heterocycles. The van der Waals surface area contributed by atoms with E-state index >= 15 is 0 Å². The number of pyridine rings is 1. The lowest BCUT2D eigenvalue weighted by Crippen LogP contribution is -2.51. The third-order valence-corrected chi connectivity index (χ3v) is 11.0. The molecule has 2 aliphatic heterocycles. The van der Waals surface area contributed by atoms with E-state index in [1.807, 2.05) is 70.2 Å². The van der Waals surface area contributed by atoms with Crippen LogP contribution in [0.3, 0.4) is 0 Å². The van der Waals surface area contributed by atoms with Gasteiger partial charge in [-0.2, -0.15) is 0 Å². The van der Waals surface area contributed by atoms with Crippen LogP contribution in [0.4, 0.5) is 9.59 Å². The molecule has 0 aliphatic carbocycles. The molecule has 16 nitrogen and oxygen atoms in total. The monoisotopic (exact) mass is 779 g/mol. The van der Waals surface area contributed by atoms with Crippen molar-refractivity contribution in [2.75, 3.05) is 27.3 Å². The molecular weight excluding hydrogens is 731 g/mol. The molecule has 2 fully saturated rings. The fraction of sp³-hybridized carbons (Fsp3) is 0.439. The predicted molar refractivity (Wildman–Crippen MR) is 213 cm³/mol. The highest BCUT2D eigenvalue weighted by molar-refractivity contribution is 5.88. The number of amides is 4. The molecule has 57 heavy (non-hydrogen) atoms. The second-order valence-corrected chi connectivity index (χ2v) is 15.4. The summed E-state index contributed by atoms with van der Waals surface area (Å²) in [5, 5.41) is 5.36. The van der Waals surface area contributed by atoms with Gasteiger partial charge >= 0.3 is 12.2 Å². The number of hydrogen-bond acceptors (Lipinski definition) is 9. The second kappa shape index (κ2) is 16.1. The number of hydrogen-bond donors (Lipinski definition) is 5. The molecule has 7 rings (SSSR count). The van der Waals surface area contributed by atoms with Gasteiger partial charge in [0.1, 0.15) is 23.7 Å². The summed E-state index contributed by atoms with van der Waals surface area (Å²) in [6.07, 6.45) is 1.76. The average molecular weight is 780 g/mol. The Morgan fingerprint density at radius 2 is 1.16 bits per heavy atom. The SMILES string of the molecule is COC(=O)N[C@H](C(=O)N1CCC[C@H]1c1nc2ccc(-c3ccc(-c4ccc5nc([C@@H]6CCCN6C(=O)[C@@H](NC(=O)OC)C(C)C)[nH]c5c4)c(=O)[nH]3)cc2[nH]1)C(C)C. The minimum atomic E-state index is -0.732. The van der Waals surface area contributed by atoms with E-state index < -0.39 is 24.3 Å². The largest absolute Gasteiger partial charge is 0.453 e. The number of aromatic nitrogens is 5. The highest BCUT2D eigenvalue weighted by Gasteiger charge is 2.39. The zero-order chi connectivity index (χ0) is 40.5. The number of carbonyl (C=O) groups excluding carboxylic acids is 4. The fourth-order valence-corrected chi connectivity index (χ4v) is 7.96. The topological polar surface area (TPSA) is 207 Å². The van der Waals surface area contributed by atoms with Gasteiger partial charge in [-0.25, -0.2) is 19.6 Å². The molecule has 2 aliphatic rings. The number of likely N-dealkylation sites (tertiary alicyclic amines) is 2. The zero-order valence-corrected chi connectivity index (χ0v) is 33.0. The fourth-order valence-electron chi connectivity index (χ4n) is 7.96. The maximum Gasteiger partial charge on any atom is 0.407 e. The molecule has 16 heteroatoms. The minimum Gasteiger partial charge on any atom is -0.453 e. The minimum absolute atomic E-state index is 0.139. The summed E-state index contributed by atoms with van der Waals surface area (Å²) in [6.45, 7) is 8.61. The smallest absolute Gasteiger partial charge is 0.407 e. The van der Waals surface area contributed by atoms with Gasteiger partial charge in [0, 0.05) is 29.9 Å². The van der Waals surface area contributed by atoms with Crippen molar-refractivity contribution in [3.05, 3.63) is 70.5 Å². The van der Waals surface area contributed by atoms with Crippen LogP contribution < -0.4 is 16.2 Å². The highest BCUT2D eigenvalue weighted by atomic mass is 16.5.